The average molecular weight is 476 g/mol. The Labute approximate surface area is 210 Å². The van der Waals surface area contributed by atoms with Crippen molar-refractivity contribution in [3.63, 3.8) is 0 Å². The normalized spacial score (nSPS) is 18.6. The van der Waals surface area contributed by atoms with Crippen LogP contribution in [-0.2, 0) is 0 Å². The van der Waals surface area contributed by atoms with Gasteiger partial charge < -0.3 is 15.1 Å². The van der Waals surface area contributed by atoms with E-state index in [-0.39, 0.29) is 0 Å². The number of aromatic nitrogens is 1. The van der Waals surface area contributed by atoms with Crippen LogP contribution in [0, 0.1) is 0 Å². The van der Waals surface area contributed by atoms with Crippen LogP contribution < -0.4 is 15.1 Å². The Kier molecular flexibility index (Phi) is 7.61. The lowest BCUT2D eigenvalue weighted by Crippen LogP contribution is -2.51. The Morgan fingerprint density at radius 1 is 0.914 bits per heavy atom. The maximum atomic E-state index is 5.74. The number of anilines is 1. The SMILES string of the molecule is COn1c(-c2cccc(N3CCC(NCCN4CCN(C(C)C)CC4)CC3)c2)cc2ccccc21. The summed E-state index contributed by atoms with van der Waals surface area (Å²) in [6, 6.07) is 20.8. The molecule has 35 heavy (non-hydrogen) atoms. The third-order valence-electron chi connectivity index (χ3n) is 7.85. The molecule has 0 amide bonds. The van der Waals surface area contributed by atoms with Gasteiger partial charge in [-0.3, -0.25) is 9.80 Å². The molecule has 2 saturated heterocycles. The predicted molar refractivity (Wildman–Crippen MR) is 146 cm³/mol. The highest BCUT2D eigenvalue weighted by atomic mass is 16.6. The Morgan fingerprint density at radius 3 is 2.43 bits per heavy atom. The first kappa shape index (κ1) is 24.2. The molecule has 6 heteroatoms. The van der Waals surface area contributed by atoms with Crippen LogP contribution in [0.3, 0.4) is 0 Å². The van der Waals surface area contributed by atoms with Crippen molar-refractivity contribution in [3.05, 3.63) is 54.6 Å². The molecule has 0 radical (unpaired) electrons. The van der Waals surface area contributed by atoms with Crippen molar-refractivity contribution in [2.45, 2.75) is 38.8 Å². The molecule has 5 rings (SSSR count). The molecule has 0 bridgehead atoms. The molecule has 2 aromatic carbocycles. The maximum absolute atomic E-state index is 5.74. The predicted octanol–water partition coefficient (Wildman–Crippen LogP) is 3.95. The van der Waals surface area contributed by atoms with Crippen LogP contribution in [0.4, 0.5) is 5.69 Å². The van der Waals surface area contributed by atoms with E-state index in [1.54, 1.807) is 7.11 Å². The highest BCUT2D eigenvalue weighted by Gasteiger charge is 2.22. The van der Waals surface area contributed by atoms with Crippen LogP contribution in [0.1, 0.15) is 26.7 Å². The van der Waals surface area contributed by atoms with Crippen LogP contribution in [0.5, 0.6) is 0 Å². The lowest BCUT2D eigenvalue weighted by atomic mass is 10.0. The van der Waals surface area contributed by atoms with Gasteiger partial charge in [0.1, 0.15) is 7.11 Å². The summed E-state index contributed by atoms with van der Waals surface area (Å²) in [5.41, 5.74) is 4.70. The summed E-state index contributed by atoms with van der Waals surface area (Å²) >= 11 is 0. The van der Waals surface area contributed by atoms with E-state index in [1.807, 2.05) is 4.73 Å². The molecule has 0 unspecified atom stereocenters. The van der Waals surface area contributed by atoms with Gasteiger partial charge in [-0.25, -0.2) is 0 Å². The number of piperidine rings is 1. The van der Waals surface area contributed by atoms with Gasteiger partial charge in [-0.2, -0.15) is 4.73 Å². The number of rotatable bonds is 8. The van der Waals surface area contributed by atoms with E-state index < -0.39 is 0 Å². The molecule has 3 aromatic rings. The summed E-state index contributed by atoms with van der Waals surface area (Å²) in [6.45, 7) is 13.9. The molecule has 0 aliphatic carbocycles. The fourth-order valence-corrected chi connectivity index (χ4v) is 5.66. The van der Waals surface area contributed by atoms with Crippen molar-refractivity contribution in [2.75, 3.05) is 64.4 Å². The molecule has 3 heterocycles. The lowest BCUT2D eigenvalue weighted by molar-refractivity contribution is 0.108. The first-order valence-electron chi connectivity index (χ1n) is 13.3. The summed E-state index contributed by atoms with van der Waals surface area (Å²) in [5, 5.41) is 5.04. The van der Waals surface area contributed by atoms with Gasteiger partial charge in [0.15, 0.2) is 0 Å². The monoisotopic (exact) mass is 475 g/mol. The minimum absolute atomic E-state index is 0.627. The lowest BCUT2D eigenvalue weighted by Gasteiger charge is -2.37. The largest absolute Gasteiger partial charge is 0.417 e. The zero-order valence-electron chi connectivity index (χ0n) is 21.6. The number of piperazine rings is 1. The van der Waals surface area contributed by atoms with Crippen molar-refractivity contribution in [3.8, 4) is 11.3 Å². The number of fused-ring (bicyclic) bond motifs is 1. The van der Waals surface area contributed by atoms with E-state index in [0.29, 0.717) is 12.1 Å². The second kappa shape index (κ2) is 11.0. The van der Waals surface area contributed by atoms with Gasteiger partial charge in [-0.15, -0.1) is 0 Å². The standard InChI is InChI=1S/C29H41N5O/c1-23(2)32-19-17-31(18-20-32)16-13-30-26-11-14-33(15-12-26)27-9-6-8-24(21-27)29-22-25-7-4-5-10-28(25)34(29)35-3/h4-10,21-23,26,30H,11-20H2,1-3H3. The maximum Gasteiger partial charge on any atom is 0.104 e. The summed E-state index contributed by atoms with van der Waals surface area (Å²) in [7, 11) is 1.74. The Hall–Kier alpha value is -2.54. The molecule has 2 fully saturated rings. The van der Waals surface area contributed by atoms with Crippen LogP contribution in [0.25, 0.3) is 22.2 Å². The number of hydrogen-bond donors (Lipinski definition) is 1. The molecule has 6 nitrogen and oxygen atoms in total. The highest BCUT2D eigenvalue weighted by Crippen LogP contribution is 2.30. The first-order chi connectivity index (χ1) is 17.1. The number of nitrogens with zero attached hydrogens (tertiary/aromatic N) is 4. The molecule has 2 aliphatic heterocycles. The minimum atomic E-state index is 0.627. The topological polar surface area (TPSA) is 35.9 Å². The van der Waals surface area contributed by atoms with Crippen molar-refractivity contribution in [2.24, 2.45) is 0 Å². The van der Waals surface area contributed by atoms with Gasteiger partial charge in [0, 0.05) is 81.1 Å². The van der Waals surface area contributed by atoms with Crippen LogP contribution in [-0.4, -0.2) is 86.1 Å². The third kappa shape index (κ3) is 5.50. The van der Waals surface area contributed by atoms with Crippen molar-refractivity contribution in [1.82, 2.24) is 19.8 Å². The summed E-state index contributed by atoms with van der Waals surface area (Å²) < 4.78 is 1.94. The zero-order chi connectivity index (χ0) is 24.2. The van der Waals surface area contributed by atoms with E-state index >= 15 is 0 Å². The second-order valence-corrected chi connectivity index (χ2v) is 10.3. The zero-order valence-corrected chi connectivity index (χ0v) is 21.6. The number of para-hydroxylation sites is 1. The van der Waals surface area contributed by atoms with E-state index in [1.165, 1.54) is 62.2 Å². The fourth-order valence-electron chi connectivity index (χ4n) is 5.66. The fraction of sp³-hybridized carbons (Fsp3) is 0.517. The molecule has 0 atom stereocenters. The van der Waals surface area contributed by atoms with E-state index in [2.05, 4.69) is 88.5 Å². The van der Waals surface area contributed by atoms with E-state index in [0.717, 1.165) is 30.8 Å². The Morgan fingerprint density at radius 2 is 1.69 bits per heavy atom. The minimum Gasteiger partial charge on any atom is -0.417 e. The molecule has 188 valence electrons. The average Bonchev–Trinajstić information content (AvgIpc) is 3.28. The van der Waals surface area contributed by atoms with Crippen molar-refractivity contribution >= 4 is 16.6 Å². The number of nitrogens with one attached hydrogen (secondary N) is 1. The van der Waals surface area contributed by atoms with Gasteiger partial charge in [-0.05, 0) is 51.0 Å². The smallest absolute Gasteiger partial charge is 0.104 e. The number of hydrogen-bond acceptors (Lipinski definition) is 5. The molecule has 0 saturated carbocycles. The van der Waals surface area contributed by atoms with E-state index in [4.69, 9.17) is 4.84 Å². The quantitative estimate of drug-likeness (QED) is 0.534. The first-order valence-corrected chi connectivity index (χ1v) is 13.3. The van der Waals surface area contributed by atoms with E-state index in [9.17, 15) is 0 Å². The molecule has 0 spiro atoms. The van der Waals surface area contributed by atoms with Gasteiger partial charge in [0.2, 0.25) is 0 Å². The van der Waals surface area contributed by atoms with Gasteiger partial charge in [-0.1, -0.05) is 30.3 Å². The Bertz CT molecular complexity index is 1090. The van der Waals surface area contributed by atoms with Crippen LogP contribution >= 0.6 is 0 Å². The van der Waals surface area contributed by atoms with Crippen LogP contribution in [0.15, 0.2) is 54.6 Å². The molecular weight excluding hydrogens is 434 g/mol. The van der Waals surface area contributed by atoms with Crippen molar-refractivity contribution < 1.29 is 4.84 Å². The molecule has 1 N–H and O–H groups in total. The highest BCUT2D eigenvalue weighted by molar-refractivity contribution is 5.87. The summed E-state index contributed by atoms with van der Waals surface area (Å²) in [5.74, 6) is 0. The van der Waals surface area contributed by atoms with Crippen LogP contribution in [0.2, 0.25) is 0 Å². The summed E-state index contributed by atoms with van der Waals surface area (Å²) in [6.07, 6.45) is 2.40. The molecular formula is C29H41N5O. The summed E-state index contributed by atoms with van der Waals surface area (Å²) in [4.78, 5) is 13.5. The van der Waals surface area contributed by atoms with Crippen molar-refractivity contribution in [1.29, 1.82) is 0 Å². The molecule has 1 aromatic heterocycles. The van der Waals surface area contributed by atoms with Gasteiger partial charge >= 0.3 is 0 Å². The molecule has 2 aliphatic rings. The Balaban J connectivity index is 1.14. The van der Waals surface area contributed by atoms with Gasteiger partial charge in [0.25, 0.3) is 0 Å². The second-order valence-electron chi connectivity index (χ2n) is 10.3. The van der Waals surface area contributed by atoms with Gasteiger partial charge in [0.05, 0.1) is 11.2 Å². The third-order valence-corrected chi connectivity index (χ3v) is 7.85. The number of benzene rings is 2.